The van der Waals surface area contributed by atoms with E-state index in [0.29, 0.717) is 37.9 Å². The number of aliphatic hydroxyl groups is 1. The van der Waals surface area contributed by atoms with Crippen molar-refractivity contribution in [3.8, 4) is 0 Å². The SMILES string of the molecule is C=CCCCOC(=O)[C@H]1[C@H]2C(=O)N(CCCCCCO)C(C(=O)N(CC=C)c3ccc4ccccc4c3)C23CC(C)[C@]1(C)O3. The molecular formula is C36H46N2O6. The Bertz CT molecular complexity index is 1410. The van der Waals surface area contributed by atoms with E-state index in [9.17, 15) is 19.5 Å². The third-order valence-electron chi connectivity index (χ3n) is 10.0. The Balaban J connectivity index is 1.53. The zero-order chi connectivity index (χ0) is 31.5. The lowest BCUT2D eigenvalue weighted by molar-refractivity contribution is -0.161. The maximum absolute atomic E-state index is 14.9. The Hall–Kier alpha value is -3.49. The molecule has 6 atom stereocenters. The van der Waals surface area contributed by atoms with Crippen molar-refractivity contribution in [1.29, 1.82) is 0 Å². The van der Waals surface area contributed by atoms with Crippen LogP contribution in [0.15, 0.2) is 67.8 Å². The average molecular weight is 603 g/mol. The minimum atomic E-state index is -1.14. The number of fused-ring (bicyclic) bond motifs is 2. The molecule has 3 aliphatic heterocycles. The zero-order valence-electron chi connectivity index (χ0n) is 26.1. The molecule has 1 spiro atoms. The fourth-order valence-electron chi connectivity index (χ4n) is 7.80. The van der Waals surface area contributed by atoms with Crippen LogP contribution in [0.1, 0.15) is 58.8 Å². The van der Waals surface area contributed by atoms with Gasteiger partial charge in [0.25, 0.3) is 5.91 Å². The molecule has 3 saturated heterocycles. The summed E-state index contributed by atoms with van der Waals surface area (Å²) in [6.07, 6.45) is 8.37. The summed E-state index contributed by atoms with van der Waals surface area (Å²) < 4.78 is 12.6. The Morgan fingerprint density at radius 1 is 1.09 bits per heavy atom. The van der Waals surface area contributed by atoms with Crippen molar-refractivity contribution in [2.45, 2.75) is 76.0 Å². The van der Waals surface area contributed by atoms with Gasteiger partial charge in [-0.2, -0.15) is 0 Å². The third-order valence-corrected chi connectivity index (χ3v) is 10.0. The Labute approximate surface area is 260 Å². The predicted octanol–water partition coefficient (Wildman–Crippen LogP) is 5.43. The fourth-order valence-corrected chi connectivity index (χ4v) is 7.80. The molecule has 2 amide bonds. The maximum Gasteiger partial charge on any atom is 0.312 e. The van der Waals surface area contributed by atoms with Crippen LogP contribution in [0.4, 0.5) is 5.69 Å². The second-order valence-electron chi connectivity index (χ2n) is 12.7. The van der Waals surface area contributed by atoms with Crippen LogP contribution in [0.2, 0.25) is 0 Å². The van der Waals surface area contributed by atoms with Crippen molar-refractivity contribution < 1.29 is 29.0 Å². The molecule has 2 aromatic rings. The lowest BCUT2D eigenvalue weighted by Crippen LogP contribution is -2.57. The first-order valence-corrected chi connectivity index (χ1v) is 16.0. The molecule has 5 rings (SSSR count). The van der Waals surface area contributed by atoms with E-state index in [1.54, 1.807) is 22.0 Å². The highest BCUT2D eigenvalue weighted by Gasteiger charge is 2.80. The zero-order valence-corrected chi connectivity index (χ0v) is 26.1. The van der Waals surface area contributed by atoms with Crippen molar-refractivity contribution in [2.75, 3.05) is 31.2 Å². The quantitative estimate of drug-likeness (QED) is 0.166. The molecule has 3 unspecified atom stereocenters. The second-order valence-corrected chi connectivity index (χ2v) is 12.7. The molecule has 44 heavy (non-hydrogen) atoms. The summed E-state index contributed by atoms with van der Waals surface area (Å²) in [7, 11) is 0. The standard InChI is InChI=1S/C36H46N2O6/c1-5-7-14-22-43-34(42)30-29-32(40)38(20-12-8-9-13-21-39)31(36(29)24-25(3)35(30,4)44-36)33(41)37(19-6-2)28-18-17-26-15-10-11-16-27(26)23-28/h5-6,10-11,15-18,23,25,29-31,39H,1-2,7-9,12-14,19-22,24H2,3-4H3/t25?,29-,30+,31?,35-,36?/m0/s1. The Morgan fingerprint density at radius 3 is 2.57 bits per heavy atom. The van der Waals surface area contributed by atoms with Gasteiger partial charge in [0.05, 0.1) is 18.1 Å². The number of allylic oxidation sites excluding steroid dienone is 1. The molecule has 3 fully saturated rings. The van der Waals surface area contributed by atoms with Crippen LogP contribution in [0.5, 0.6) is 0 Å². The monoisotopic (exact) mass is 602 g/mol. The molecule has 3 aliphatic rings. The number of hydrogen-bond acceptors (Lipinski definition) is 6. The van der Waals surface area contributed by atoms with E-state index < -0.39 is 35.0 Å². The summed E-state index contributed by atoms with van der Waals surface area (Å²) in [4.78, 5) is 46.4. The highest BCUT2D eigenvalue weighted by atomic mass is 16.6. The van der Waals surface area contributed by atoms with Crippen molar-refractivity contribution in [3.63, 3.8) is 0 Å². The third kappa shape index (κ3) is 5.47. The van der Waals surface area contributed by atoms with Gasteiger partial charge in [0.1, 0.15) is 17.6 Å². The minimum Gasteiger partial charge on any atom is -0.465 e. The summed E-state index contributed by atoms with van der Waals surface area (Å²) in [5.74, 6) is -2.55. The van der Waals surface area contributed by atoms with Crippen molar-refractivity contribution in [2.24, 2.45) is 17.8 Å². The van der Waals surface area contributed by atoms with E-state index in [-0.39, 0.29) is 37.5 Å². The summed E-state index contributed by atoms with van der Waals surface area (Å²) in [6, 6.07) is 13.0. The summed E-state index contributed by atoms with van der Waals surface area (Å²) >= 11 is 0. The number of amides is 2. The van der Waals surface area contributed by atoms with Crippen LogP contribution in [0.25, 0.3) is 10.8 Å². The fraction of sp³-hybridized carbons (Fsp3) is 0.528. The molecule has 3 heterocycles. The number of esters is 1. The van der Waals surface area contributed by atoms with Gasteiger partial charge in [0, 0.05) is 25.4 Å². The van der Waals surface area contributed by atoms with Crippen LogP contribution in [0.3, 0.4) is 0 Å². The average Bonchev–Trinajstić information content (AvgIpc) is 3.53. The van der Waals surface area contributed by atoms with E-state index in [2.05, 4.69) is 13.2 Å². The number of nitrogens with zero attached hydrogens (tertiary/aromatic N) is 2. The molecular weight excluding hydrogens is 556 g/mol. The summed E-state index contributed by atoms with van der Waals surface area (Å²) in [5, 5.41) is 11.3. The van der Waals surface area contributed by atoms with E-state index in [1.165, 1.54) is 0 Å². The van der Waals surface area contributed by atoms with Gasteiger partial charge in [-0.3, -0.25) is 14.4 Å². The van der Waals surface area contributed by atoms with Gasteiger partial charge in [-0.1, -0.05) is 62.2 Å². The topological polar surface area (TPSA) is 96.4 Å². The first-order chi connectivity index (χ1) is 21.2. The van der Waals surface area contributed by atoms with E-state index in [4.69, 9.17) is 9.47 Å². The molecule has 2 aromatic carbocycles. The largest absolute Gasteiger partial charge is 0.465 e. The number of rotatable bonds is 15. The van der Waals surface area contributed by atoms with Gasteiger partial charge in [0.2, 0.25) is 5.91 Å². The number of ether oxygens (including phenoxy) is 2. The Kier molecular flexibility index (Phi) is 9.61. The first kappa shape index (κ1) is 31.9. The van der Waals surface area contributed by atoms with Crippen molar-refractivity contribution in [3.05, 3.63) is 67.8 Å². The smallest absolute Gasteiger partial charge is 0.312 e. The van der Waals surface area contributed by atoms with Crippen LogP contribution in [-0.2, 0) is 23.9 Å². The van der Waals surface area contributed by atoms with Gasteiger partial charge >= 0.3 is 5.97 Å². The number of benzene rings is 2. The Morgan fingerprint density at radius 2 is 1.84 bits per heavy atom. The van der Waals surface area contributed by atoms with Crippen LogP contribution in [0, 0.1) is 17.8 Å². The number of anilines is 1. The van der Waals surface area contributed by atoms with Gasteiger partial charge in [-0.15, -0.1) is 13.2 Å². The number of aliphatic hydroxyl groups excluding tert-OH is 1. The number of unbranched alkanes of at least 4 members (excludes halogenated alkanes) is 4. The van der Waals surface area contributed by atoms with Gasteiger partial charge < -0.3 is 24.4 Å². The minimum absolute atomic E-state index is 0.0643. The molecule has 8 heteroatoms. The number of carbonyl (C=O) groups is 3. The molecule has 1 N–H and O–H groups in total. The molecule has 0 aliphatic carbocycles. The molecule has 0 saturated carbocycles. The number of hydrogen-bond donors (Lipinski definition) is 1. The molecule has 0 radical (unpaired) electrons. The number of carbonyl (C=O) groups excluding carboxylic acids is 3. The lowest BCUT2D eigenvalue weighted by Gasteiger charge is -2.37. The first-order valence-electron chi connectivity index (χ1n) is 16.0. The van der Waals surface area contributed by atoms with E-state index >= 15 is 0 Å². The molecule has 0 aromatic heterocycles. The highest BCUT2D eigenvalue weighted by Crippen LogP contribution is 2.65. The van der Waals surface area contributed by atoms with E-state index in [1.807, 2.05) is 56.3 Å². The summed E-state index contributed by atoms with van der Waals surface area (Å²) in [6.45, 7) is 12.6. The second kappa shape index (κ2) is 13.2. The molecule has 8 nitrogen and oxygen atoms in total. The maximum atomic E-state index is 14.9. The van der Waals surface area contributed by atoms with Crippen LogP contribution >= 0.6 is 0 Å². The van der Waals surface area contributed by atoms with Gasteiger partial charge in [0.15, 0.2) is 0 Å². The van der Waals surface area contributed by atoms with Crippen LogP contribution in [-0.4, -0.2) is 71.3 Å². The molecule has 236 valence electrons. The summed E-state index contributed by atoms with van der Waals surface area (Å²) in [5.41, 5.74) is -1.35. The normalized spacial score (nSPS) is 28.7. The lowest BCUT2D eigenvalue weighted by atomic mass is 9.62. The van der Waals surface area contributed by atoms with Gasteiger partial charge in [-0.25, -0.2) is 0 Å². The number of likely N-dealkylation sites (tertiary alicyclic amines) is 1. The van der Waals surface area contributed by atoms with Crippen LogP contribution < -0.4 is 4.90 Å². The van der Waals surface area contributed by atoms with Gasteiger partial charge in [-0.05, 0) is 67.9 Å². The predicted molar refractivity (Wildman–Crippen MR) is 171 cm³/mol. The van der Waals surface area contributed by atoms with Crippen molar-refractivity contribution >= 4 is 34.2 Å². The van der Waals surface area contributed by atoms with Crippen molar-refractivity contribution in [1.82, 2.24) is 4.90 Å². The highest BCUT2D eigenvalue weighted by molar-refractivity contribution is 6.05. The van der Waals surface area contributed by atoms with E-state index in [0.717, 1.165) is 30.0 Å². The molecule has 2 bridgehead atoms.